The molecule has 0 unspecified atom stereocenters. The van der Waals surface area contributed by atoms with Gasteiger partial charge in [-0.05, 0) is 36.4 Å². The monoisotopic (exact) mass is 399 g/mol. The fraction of sp³-hybridized carbons (Fsp3) is 0.0909. The second kappa shape index (κ2) is 7.67. The first kappa shape index (κ1) is 17.9. The number of fused-ring (bicyclic) bond motifs is 2. The van der Waals surface area contributed by atoms with Gasteiger partial charge in [0, 0.05) is 23.3 Å². The molecule has 1 amide bonds. The van der Waals surface area contributed by atoms with Gasteiger partial charge in [-0.15, -0.1) is 10.2 Å². The molecule has 0 radical (unpaired) electrons. The molecule has 0 saturated heterocycles. The normalized spacial score (nSPS) is 12.4. The number of para-hydroxylation sites is 1. The fourth-order valence-electron chi connectivity index (χ4n) is 3.18. The van der Waals surface area contributed by atoms with E-state index in [1.165, 1.54) is 0 Å². The van der Waals surface area contributed by atoms with Crippen LogP contribution in [0.3, 0.4) is 0 Å². The van der Waals surface area contributed by atoms with E-state index in [0.717, 1.165) is 16.6 Å². The molecule has 0 atom stereocenters. The van der Waals surface area contributed by atoms with E-state index < -0.39 is 0 Å². The highest BCUT2D eigenvalue weighted by Crippen LogP contribution is 2.33. The van der Waals surface area contributed by atoms with Crippen LogP contribution < -0.4 is 20.1 Å². The van der Waals surface area contributed by atoms with Gasteiger partial charge in [-0.25, -0.2) is 0 Å². The molecule has 2 N–H and O–H groups in total. The Morgan fingerprint density at radius 2 is 1.77 bits per heavy atom. The van der Waals surface area contributed by atoms with Crippen molar-refractivity contribution in [3.8, 4) is 11.5 Å². The van der Waals surface area contributed by atoms with Gasteiger partial charge in [0.2, 0.25) is 0 Å². The highest BCUT2D eigenvalue weighted by molar-refractivity contribution is 6.07. The third-order valence-electron chi connectivity index (χ3n) is 4.59. The third-order valence-corrected chi connectivity index (χ3v) is 4.59. The van der Waals surface area contributed by atoms with Crippen LogP contribution in [0, 0.1) is 0 Å². The number of carbonyl (C=O) groups excluding carboxylic acids is 1. The van der Waals surface area contributed by atoms with Crippen molar-refractivity contribution in [1.29, 1.82) is 0 Å². The number of hydrogen-bond donors (Lipinski definition) is 2. The van der Waals surface area contributed by atoms with Gasteiger partial charge < -0.3 is 20.1 Å². The maximum absolute atomic E-state index is 12.6. The molecule has 30 heavy (non-hydrogen) atoms. The van der Waals surface area contributed by atoms with E-state index in [-0.39, 0.29) is 11.6 Å². The zero-order valence-electron chi connectivity index (χ0n) is 15.8. The van der Waals surface area contributed by atoms with Crippen LogP contribution in [0.5, 0.6) is 11.5 Å². The van der Waals surface area contributed by atoms with Crippen LogP contribution in [-0.4, -0.2) is 34.3 Å². The van der Waals surface area contributed by atoms with E-state index in [1.54, 1.807) is 24.4 Å². The predicted octanol–water partition coefficient (Wildman–Crippen LogP) is 3.79. The summed E-state index contributed by atoms with van der Waals surface area (Å²) in [5.74, 6) is 1.55. The zero-order chi connectivity index (χ0) is 20.3. The predicted molar refractivity (Wildman–Crippen MR) is 112 cm³/mol. The number of rotatable bonds is 4. The molecule has 0 bridgehead atoms. The lowest BCUT2D eigenvalue weighted by Gasteiger charge is -2.19. The third kappa shape index (κ3) is 3.58. The van der Waals surface area contributed by atoms with Gasteiger partial charge in [0.05, 0.1) is 11.2 Å². The molecular formula is C22H17N5O3. The largest absolute Gasteiger partial charge is 0.486 e. The Kier molecular flexibility index (Phi) is 4.57. The Morgan fingerprint density at radius 3 is 2.63 bits per heavy atom. The number of amides is 1. The highest BCUT2D eigenvalue weighted by Gasteiger charge is 2.13. The van der Waals surface area contributed by atoms with E-state index in [1.807, 2.05) is 42.5 Å². The van der Waals surface area contributed by atoms with Gasteiger partial charge in [0.1, 0.15) is 13.2 Å². The number of nitrogens with zero attached hydrogens (tertiary/aromatic N) is 3. The lowest BCUT2D eigenvalue weighted by Crippen LogP contribution is -2.15. The van der Waals surface area contributed by atoms with Gasteiger partial charge in [0.15, 0.2) is 23.0 Å². The molecule has 8 heteroatoms. The second-order valence-electron chi connectivity index (χ2n) is 6.62. The first-order chi connectivity index (χ1) is 14.8. The molecule has 4 aromatic rings. The van der Waals surface area contributed by atoms with Crippen molar-refractivity contribution in [3.63, 3.8) is 0 Å². The smallest absolute Gasteiger partial charge is 0.276 e. The summed E-state index contributed by atoms with van der Waals surface area (Å²) in [7, 11) is 0. The molecule has 0 fully saturated rings. The maximum Gasteiger partial charge on any atom is 0.276 e. The van der Waals surface area contributed by atoms with Crippen LogP contribution in [0.15, 0.2) is 66.9 Å². The standard InChI is InChI=1S/C22H17N5O3/c28-22(25-16-5-1-3-14-4-2-10-23-21(14)16)17-7-9-20(27-26-17)24-15-6-8-18-19(13-15)30-12-11-29-18/h1-10,13H,11-12H2,(H,24,27)(H,25,28). The van der Waals surface area contributed by atoms with Crippen LogP contribution in [-0.2, 0) is 0 Å². The lowest BCUT2D eigenvalue weighted by molar-refractivity contribution is 0.102. The molecule has 3 heterocycles. The molecule has 0 saturated carbocycles. The van der Waals surface area contributed by atoms with E-state index >= 15 is 0 Å². The number of ether oxygens (including phenoxy) is 2. The molecule has 0 spiro atoms. The number of nitrogens with one attached hydrogen (secondary N) is 2. The number of benzene rings is 2. The van der Waals surface area contributed by atoms with Crippen LogP contribution in [0.2, 0.25) is 0 Å². The Hall–Kier alpha value is -4.20. The van der Waals surface area contributed by atoms with Gasteiger partial charge in [-0.3, -0.25) is 9.78 Å². The van der Waals surface area contributed by atoms with E-state index in [2.05, 4.69) is 25.8 Å². The average Bonchev–Trinajstić information content (AvgIpc) is 2.80. The number of aromatic nitrogens is 3. The Balaban J connectivity index is 1.30. The first-order valence-corrected chi connectivity index (χ1v) is 9.42. The van der Waals surface area contributed by atoms with Crippen LogP contribution in [0.25, 0.3) is 10.9 Å². The van der Waals surface area contributed by atoms with Crippen molar-refractivity contribution in [1.82, 2.24) is 15.2 Å². The lowest BCUT2D eigenvalue weighted by atomic mass is 10.2. The van der Waals surface area contributed by atoms with E-state index in [0.29, 0.717) is 36.2 Å². The number of carbonyl (C=O) groups is 1. The van der Waals surface area contributed by atoms with Crippen LogP contribution >= 0.6 is 0 Å². The maximum atomic E-state index is 12.6. The number of anilines is 3. The molecule has 1 aliphatic rings. The Morgan fingerprint density at radius 1 is 0.900 bits per heavy atom. The zero-order valence-corrected chi connectivity index (χ0v) is 15.8. The highest BCUT2D eigenvalue weighted by atomic mass is 16.6. The SMILES string of the molecule is O=C(Nc1cccc2cccnc12)c1ccc(Nc2ccc3c(c2)OCCO3)nn1. The van der Waals surface area contributed by atoms with Crippen molar-refractivity contribution >= 4 is 34.0 Å². The molecule has 0 aliphatic carbocycles. The minimum absolute atomic E-state index is 0.204. The van der Waals surface area contributed by atoms with Gasteiger partial charge in [-0.1, -0.05) is 18.2 Å². The summed E-state index contributed by atoms with van der Waals surface area (Å²) in [4.78, 5) is 16.9. The second-order valence-corrected chi connectivity index (χ2v) is 6.62. The Bertz CT molecular complexity index is 1220. The fourth-order valence-corrected chi connectivity index (χ4v) is 3.18. The summed E-state index contributed by atoms with van der Waals surface area (Å²) in [6.45, 7) is 1.07. The van der Waals surface area contributed by atoms with E-state index in [4.69, 9.17) is 9.47 Å². The first-order valence-electron chi connectivity index (χ1n) is 9.42. The number of hydrogen-bond acceptors (Lipinski definition) is 7. The molecule has 2 aromatic carbocycles. The van der Waals surface area contributed by atoms with Crippen molar-refractivity contribution < 1.29 is 14.3 Å². The van der Waals surface area contributed by atoms with Crippen molar-refractivity contribution in [3.05, 3.63) is 72.6 Å². The summed E-state index contributed by atoms with van der Waals surface area (Å²) < 4.78 is 11.1. The summed E-state index contributed by atoms with van der Waals surface area (Å²) >= 11 is 0. The quantitative estimate of drug-likeness (QED) is 0.539. The molecule has 2 aromatic heterocycles. The molecule has 5 rings (SSSR count). The van der Waals surface area contributed by atoms with Crippen molar-refractivity contribution in [2.45, 2.75) is 0 Å². The Labute approximate surface area is 171 Å². The van der Waals surface area contributed by atoms with Gasteiger partial charge in [0.25, 0.3) is 5.91 Å². The van der Waals surface area contributed by atoms with Gasteiger partial charge in [-0.2, -0.15) is 0 Å². The summed E-state index contributed by atoms with van der Waals surface area (Å²) in [5.41, 5.74) is 2.33. The van der Waals surface area contributed by atoms with Gasteiger partial charge >= 0.3 is 0 Å². The molecular weight excluding hydrogens is 382 g/mol. The molecule has 148 valence electrons. The van der Waals surface area contributed by atoms with Crippen LogP contribution in [0.4, 0.5) is 17.2 Å². The minimum atomic E-state index is -0.355. The molecule has 8 nitrogen and oxygen atoms in total. The van der Waals surface area contributed by atoms with Crippen molar-refractivity contribution in [2.24, 2.45) is 0 Å². The average molecular weight is 399 g/mol. The van der Waals surface area contributed by atoms with Crippen LogP contribution in [0.1, 0.15) is 10.5 Å². The topological polar surface area (TPSA) is 98.3 Å². The minimum Gasteiger partial charge on any atom is -0.486 e. The summed E-state index contributed by atoms with van der Waals surface area (Å²) in [6, 6.07) is 18.3. The molecule has 1 aliphatic heterocycles. The number of pyridine rings is 1. The summed E-state index contributed by atoms with van der Waals surface area (Å²) in [6.07, 6.45) is 1.69. The van der Waals surface area contributed by atoms with Crippen molar-refractivity contribution in [2.75, 3.05) is 23.8 Å². The summed E-state index contributed by atoms with van der Waals surface area (Å²) in [5, 5.41) is 15.1. The van der Waals surface area contributed by atoms with E-state index in [9.17, 15) is 4.79 Å².